The first kappa shape index (κ1) is 12.7. The molecule has 1 saturated carbocycles. The quantitative estimate of drug-likeness (QED) is 0.608. The van der Waals surface area contributed by atoms with Gasteiger partial charge >= 0.3 is 5.97 Å². The maximum Gasteiger partial charge on any atom is 0.338 e. The fraction of sp³-hybridized carbons (Fsp3) is 0.500. The van der Waals surface area contributed by atoms with Gasteiger partial charge < -0.3 is 4.74 Å². The van der Waals surface area contributed by atoms with E-state index in [0.29, 0.717) is 18.4 Å². The molecule has 0 heterocycles. The van der Waals surface area contributed by atoms with Crippen molar-refractivity contribution in [3.05, 3.63) is 40.8 Å². The lowest BCUT2D eigenvalue weighted by Gasteiger charge is -2.34. The molecule has 1 aromatic carbocycles. The van der Waals surface area contributed by atoms with Crippen LogP contribution in [0.25, 0.3) is 0 Å². The smallest absolute Gasteiger partial charge is 0.338 e. The van der Waals surface area contributed by atoms with Gasteiger partial charge in [-0.2, -0.15) is 4.91 Å². The second-order valence-corrected chi connectivity index (χ2v) is 5.21. The van der Waals surface area contributed by atoms with Crippen LogP contribution in [0.3, 0.4) is 0 Å². The molecule has 0 amide bonds. The summed E-state index contributed by atoms with van der Waals surface area (Å²) in [5.74, 6) is -0.394. The van der Waals surface area contributed by atoms with Crippen molar-refractivity contribution >= 4 is 5.97 Å². The molecule has 0 unspecified atom stereocenters. The fourth-order valence-electron chi connectivity index (χ4n) is 2.44. The molecule has 2 rings (SSSR count). The SMILES string of the molecule is C[C@@]1(OC(=O)c2ccccc2)CCC[C@]1(C)N=O. The van der Waals surface area contributed by atoms with Crippen LogP contribution in [0.15, 0.2) is 35.5 Å². The Hall–Kier alpha value is -1.71. The Morgan fingerprint density at radius 3 is 2.50 bits per heavy atom. The van der Waals surface area contributed by atoms with Crippen molar-refractivity contribution in [2.24, 2.45) is 5.18 Å². The van der Waals surface area contributed by atoms with Gasteiger partial charge in [0.2, 0.25) is 0 Å². The van der Waals surface area contributed by atoms with Crippen LogP contribution in [0.1, 0.15) is 43.5 Å². The van der Waals surface area contributed by atoms with Gasteiger partial charge in [-0.3, -0.25) is 0 Å². The molecule has 0 aromatic heterocycles. The molecule has 2 atom stereocenters. The van der Waals surface area contributed by atoms with Crippen LogP contribution in [0.5, 0.6) is 0 Å². The van der Waals surface area contributed by atoms with Gasteiger partial charge in [-0.15, -0.1) is 0 Å². The third-order valence-corrected chi connectivity index (χ3v) is 3.99. The zero-order valence-corrected chi connectivity index (χ0v) is 10.7. The van der Waals surface area contributed by atoms with Crippen LogP contribution in [-0.4, -0.2) is 17.1 Å². The number of nitrogens with zero attached hydrogens (tertiary/aromatic N) is 1. The molecule has 0 aliphatic heterocycles. The topological polar surface area (TPSA) is 55.7 Å². The molecule has 0 bridgehead atoms. The summed E-state index contributed by atoms with van der Waals surface area (Å²) >= 11 is 0. The van der Waals surface area contributed by atoms with Crippen molar-refractivity contribution < 1.29 is 9.53 Å². The minimum Gasteiger partial charge on any atom is -0.453 e. The zero-order chi connectivity index (χ0) is 13.2. The van der Waals surface area contributed by atoms with Crippen LogP contribution >= 0.6 is 0 Å². The van der Waals surface area contributed by atoms with Gasteiger partial charge in [0.25, 0.3) is 0 Å². The van der Waals surface area contributed by atoms with Gasteiger partial charge in [-0.25, -0.2) is 4.79 Å². The number of hydrogen-bond donors (Lipinski definition) is 0. The molecular weight excluding hydrogens is 230 g/mol. The number of carbonyl (C=O) groups is 1. The van der Waals surface area contributed by atoms with Crippen molar-refractivity contribution in [1.29, 1.82) is 0 Å². The second-order valence-electron chi connectivity index (χ2n) is 5.21. The number of carbonyl (C=O) groups excluding carboxylic acids is 1. The van der Waals surface area contributed by atoms with E-state index in [0.717, 1.165) is 6.42 Å². The van der Waals surface area contributed by atoms with E-state index in [4.69, 9.17) is 4.74 Å². The van der Waals surface area contributed by atoms with Gasteiger partial charge in [-0.05, 0) is 45.2 Å². The standard InChI is InChI=1S/C14H17NO3/c1-13(15-17)9-6-10-14(13,2)18-12(16)11-7-4-3-5-8-11/h3-5,7-8H,6,9-10H2,1-2H3/t13-,14+/m0/s1. The average molecular weight is 247 g/mol. The molecule has 4 heteroatoms. The Bertz CT molecular complexity index is 459. The third-order valence-electron chi connectivity index (χ3n) is 3.99. The molecule has 1 aromatic rings. The van der Waals surface area contributed by atoms with Crippen molar-refractivity contribution in [2.45, 2.75) is 44.2 Å². The predicted octanol–water partition coefficient (Wildman–Crippen LogP) is 3.31. The maximum absolute atomic E-state index is 12.0. The Labute approximate surface area is 106 Å². The monoisotopic (exact) mass is 247 g/mol. The van der Waals surface area contributed by atoms with E-state index in [9.17, 15) is 9.70 Å². The van der Waals surface area contributed by atoms with Crippen LogP contribution < -0.4 is 0 Å². The van der Waals surface area contributed by atoms with Crippen LogP contribution in [0.2, 0.25) is 0 Å². The molecule has 1 fully saturated rings. The predicted molar refractivity (Wildman–Crippen MR) is 68.3 cm³/mol. The zero-order valence-electron chi connectivity index (χ0n) is 10.7. The van der Waals surface area contributed by atoms with E-state index in [1.54, 1.807) is 38.1 Å². The minimum absolute atomic E-state index is 0.394. The largest absolute Gasteiger partial charge is 0.453 e. The summed E-state index contributed by atoms with van der Waals surface area (Å²) in [5.41, 5.74) is -1.13. The summed E-state index contributed by atoms with van der Waals surface area (Å²) in [6.07, 6.45) is 2.18. The van der Waals surface area contributed by atoms with E-state index < -0.39 is 17.1 Å². The number of rotatable bonds is 3. The highest BCUT2D eigenvalue weighted by molar-refractivity contribution is 5.89. The number of esters is 1. The van der Waals surface area contributed by atoms with Crippen molar-refractivity contribution in [2.75, 3.05) is 0 Å². The van der Waals surface area contributed by atoms with Gasteiger partial charge in [0, 0.05) is 0 Å². The molecular formula is C14H17NO3. The lowest BCUT2D eigenvalue weighted by atomic mass is 9.86. The Morgan fingerprint density at radius 1 is 1.22 bits per heavy atom. The number of hydrogen-bond acceptors (Lipinski definition) is 4. The number of nitroso groups, excluding NO2 is 1. The second kappa shape index (κ2) is 4.52. The minimum atomic E-state index is -0.822. The van der Waals surface area contributed by atoms with E-state index in [-0.39, 0.29) is 0 Å². The Balaban J connectivity index is 2.19. The Kier molecular flexibility index (Phi) is 3.20. The highest BCUT2D eigenvalue weighted by atomic mass is 16.6. The number of ether oxygens (including phenoxy) is 1. The third kappa shape index (κ3) is 2.03. The molecule has 0 N–H and O–H groups in total. The van der Waals surface area contributed by atoms with E-state index in [1.807, 2.05) is 6.07 Å². The highest BCUT2D eigenvalue weighted by Crippen LogP contribution is 2.44. The summed E-state index contributed by atoms with van der Waals surface area (Å²) < 4.78 is 5.56. The van der Waals surface area contributed by atoms with Crippen molar-refractivity contribution in [3.8, 4) is 0 Å². The van der Waals surface area contributed by atoms with E-state index in [1.165, 1.54) is 0 Å². The van der Waals surface area contributed by atoms with Crippen molar-refractivity contribution in [3.63, 3.8) is 0 Å². The molecule has 0 radical (unpaired) electrons. The van der Waals surface area contributed by atoms with Crippen molar-refractivity contribution in [1.82, 2.24) is 0 Å². The average Bonchev–Trinajstić information content (AvgIpc) is 2.67. The molecule has 4 nitrogen and oxygen atoms in total. The van der Waals surface area contributed by atoms with Crippen LogP contribution in [0.4, 0.5) is 0 Å². The summed E-state index contributed by atoms with van der Waals surface area (Å²) in [4.78, 5) is 23.1. The van der Waals surface area contributed by atoms with Gasteiger partial charge in [0.1, 0.15) is 11.1 Å². The number of benzene rings is 1. The van der Waals surface area contributed by atoms with Crippen LogP contribution in [0, 0.1) is 4.91 Å². The highest BCUT2D eigenvalue weighted by Gasteiger charge is 2.53. The lowest BCUT2D eigenvalue weighted by Crippen LogP contribution is -2.47. The summed E-state index contributed by atoms with van der Waals surface area (Å²) in [7, 11) is 0. The molecule has 0 spiro atoms. The molecule has 1 aliphatic carbocycles. The van der Waals surface area contributed by atoms with E-state index in [2.05, 4.69) is 5.18 Å². The molecule has 18 heavy (non-hydrogen) atoms. The first-order valence-corrected chi connectivity index (χ1v) is 6.14. The lowest BCUT2D eigenvalue weighted by molar-refractivity contribution is -0.0333. The summed E-state index contributed by atoms with van der Waals surface area (Å²) in [6, 6.07) is 8.80. The molecule has 1 aliphatic rings. The van der Waals surface area contributed by atoms with E-state index >= 15 is 0 Å². The van der Waals surface area contributed by atoms with Gasteiger partial charge in [0.05, 0.1) is 5.56 Å². The van der Waals surface area contributed by atoms with Gasteiger partial charge in [-0.1, -0.05) is 23.4 Å². The fourth-order valence-corrected chi connectivity index (χ4v) is 2.44. The molecule has 96 valence electrons. The maximum atomic E-state index is 12.0. The summed E-state index contributed by atoms with van der Waals surface area (Å²) in [6.45, 7) is 3.55. The summed E-state index contributed by atoms with van der Waals surface area (Å²) in [5, 5.41) is 3.19. The van der Waals surface area contributed by atoms with Gasteiger partial charge in [0.15, 0.2) is 0 Å². The normalized spacial score (nSPS) is 31.0. The first-order valence-electron chi connectivity index (χ1n) is 6.14. The first-order chi connectivity index (χ1) is 8.51. The van der Waals surface area contributed by atoms with Crippen LogP contribution in [-0.2, 0) is 4.74 Å². The Morgan fingerprint density at radius 2 is 1.89 bits per heavy atom. The molecule has 0 saturated heterocycles.